The fourth-order valence-electron chi connectivity index (χ4n) is 1.20. The zero-order valence-corrected chi connectivity index (χ0v) is 9.18. The van der Waals surface area contributed by atoms with Crippen molar-refractivity contribution in [2.45, 2.75) is 30.7 Å². The first-order chi connectivity index (χ1) is 7.26. The molecule has 96 valence electrons. The number of halogens is 3. The van der Waals surface area contributed by atoms with E-state index in [0.717, 1.165) is 0 Å². The summed E-state index contributed by atoms with van der Waals surface area (Å²) < 4.78 is 70.3. The molecule has 1 heterocycles. The standard InChI is InChI=1S/C7H11F3O5S/c1-13-6-3-2-5(15-6)4-14-16(11,12)7(8,9)10/h5-6H,2-4H2,1H3. The van der Waals surface area contributed by atoms with Crippen LogP contribution in [0.4, 0.5) is 13.2 Å². The first kappa shape index (κ1) is 13.7. The van der Waals surface area contributed by atoms with Crippen LogP contribution in [0.5, 0.6) is 0 Å². The average Bonchev–Trinajstić information content (AvgIpc) is 2.60. The number of hydrogen-bond acceptors (Lipinski definition) is 5. The second-order valence-electron chi connectivity index (χ2n) is 3.19. The van der Waals surface area contributed by atoms with Gasteiger partial charge in [0.15, 0.2) is 6.29 Å². The highest BCUT2D eigenvalue weighted by Gasteiger charge is 2.47. The van der Waals surface area contributed by atoms with Crippen LogP contribution in [0, 0.1) is 0 Å². The number of alkyl halides is 3. The Morgan fingerprint density at radius 3 is 2.44 bits per heavy atom. The molecule has 0 amide bonds. The predicted octanol–water partition coefficient (Wildman–Crippen LogP) is 1.00. The van der Waals surface area contributed by atoms with Crippen LogP contribution in [-0.4, -0.2) is 40.0 Å². The molecule has 0 bridgehead atoms. The number of rotatable bonds is 4. The molecule has 0 N–H and O–H groups in total. The highest BCUT2D eigenvalue weighted by atomic mass is 32.2. The fraction of sp³-hybridized carbons (Fsp3) is 1.00. The van der Waals surface area contributed by atoms with Gasteiger partial charge in [-0.1, -0.05) is 0 Å². The summed E-state index contributed by atoms with van der Waals surface area (Å²) in [5.41, 5.74) is -5.40. The van der Waals surface area contributed by atoms with Crippen LogP contribution in [0.1, 0.15) is 12.8 Å². The van der Waals surface area contributed by atoms with E-state index in [4.69, 9.17) is 9.47 Å². The first-order valence-electron chi connectivity index (χ1n) is 4.40. The van der Waals surface area contributed by atoms with Gasteiger partial charge in [-0.2, -0.15) is 21.6 Å². The SMILES string of the molecule is COC1CCC(COS(=O)(=O)C(F)(F)F)O1. The highest BCUT2D eigenvalue weighted by Crippen LogP contribution is 2.26. The predicted molar refractivity (Wildman–Crippen MR) is 45.8 cm³/mol. The minimum absolute atomic E-state index is 0.395. The quantitative estimate of drug-likeness (QED) is 0.560. The van der Waals surface area contributed by atoms with Gasteiger partial charge in [0, 0.05) is 13.5 Å². The summed E-state index contributed by atoms with van der Waals surface area (Å²) in [6, 6.07) is 0. The molecular weight excluding hydrogens is 253 g/mol. The van der Waals surface area contributed by atoms with Gasteiger partial charge in [0.2, 0.25) is 0 Å². The monoisotopic (exact) mass is 264 g/mol. The molecule has 1 fully saturated rings. The lowest BCUT2D eigenvalue weighted by Crippen LogP contribution is -2.29. The molecule has 2 unspecified atom stereocenters. The van der Waals surface area contributed by atoms with Gasteiger partial charge in [0.05, 0.1) is 12.7 Å². The van der Waals surface area contributed by atoms with E-state index in [9.17, 15) is 21.6 Å². The van der Waals surface area contributed by atoms with Crippen molar-refractivity contribution in [1.29, 1.82) is 0 Å². The molecule has 0 saturated carbocycles. The number of methoxy groups -OCH3 is 1. The summed E-state index contributed by atoms with van der Waals surface area (Å²) in [5, 5.41) is 0. The van der Waals surface area contributed by atoms with Crippen LogP contribution >= 0.6 is 0 Å². The molecule has 0 radical (unpaired) electrons. The molecule has 2 atom stereocenters. The highest BCUT2D eigenvalue weighted by molar-refractivity contribution is 7.87. The van der Waals surface area contributed by atoms with E-state index < -0.39 is 34.6 Å². The van der Waals surface area contributed by atoms with E-state index in [1.807, 2.05) is 0 Å². The van der Waals surface area contributed by atoms with Gasteiger partial charge in [-0.15, -0.1) is 0 Å². The van der Waals surface area contributed by atoms with Gasteiger partial charge in [-0.05, 0) is 6.42 Å². The average molecular weight is 264 g/mol. The fourth-order valence-corrected chi connectivity index (χ4v) is 1.67. The van der Waals surface area contributed by atoms with Crippen LogP contribution < -0.4 is 0 Å². The maximum atomic E-state index is 11.9. The minimum Gasteiger partial charge on any atom is -0.356 e. The Hall–Kier alpha value is -0.380. The van der Waals surface area contributed by atoms with Crippen LogP contribution in [0.25, 0.3) is 0 Å². The molecule has 1 saturated heterocycles. The van der Waals surface area contributed by atoms with Crippen molar-refractivity contribution in [2.24, 2.45) is 0 Å². The van der Waals surface area contributed by atoms with E-state index in [1.54, 1.807) is 0 Å². The third-order valence-electron chi connectivity index (χ3n) is 2.02. The Morgan fingerprint density at radius 2 is 2.00 bits per heavy atom. The Balaban J connectivity index is 2.42. The van der Waals surface area contributed by atoms with Crippen LogP contribution in [-0.2, 0) is 23.8 Å². The van der Waals surface area contributed by atoms with Crippen LogP contribution in [0.2, 0.25) is 0 Å². The van der Waals surface area contributed by atoms with Crippen molar-refractivity contribution in [2.75, 3.05) is 13.7 Å². The lowest BCUT2D eigenvalue weighted by molar-refractivity contribution is -0.122. The maximum absolute atomic E-state index is 11.9. The Labute approximate surface area is 90.6 Å². The second kappa shape index (κ2) is 4.86. The second-order valence-corrected chi connectivity index (χ2v) is 4.79. The molecule has 1 rings (SSSR count). The molecule has 5 nitrogen and oxygen atoms in total. The van der Waals surface area contributed by atoms with Crippen molar-refractivity contribution in [3.63, 3.8) is 0 Å². The Bertz CT molecular complexity index is 325. The van der Waals surface area contributed by atoms with Crippen molar-refractivity contribution in [1.82, 2.24) is 0 Å². The minimum atomic E-state index is -5.53. The van der Waals surface area contributed by atoms with Crippen molar-refractivity contribution < 1.29 is 35.2 Å². The Kier molecular flexibility index (Phi) is 4.16. The molecule has 1 aliphatic rings. The van der Waals surface area contributed by atoms with E-state index >= 15 is 0 Å². The summed E-state index contributed by atoms with van der Waals surface area (Å²) in [5.74, 6) is 0. The van der Waals surface area contributed by atoms with Gasteiger partial charge in [-0.3, -0.25) is 4.18 Å². The molecule has 16 heavy (non-hydrogen) atoms. The third kappa shape index (κ3) is 3.30. The summed E-state index contributed by atoms with van der Waals surface area (Å²) in [6.45, 7) is -0.651. The van der Waals surface area contributed by atoms with Crippen LogP contribution in [0.15, 0.2) is 0 Å². The van der Waals surface area contributed by atoms with Crippen molar-refractivity contribution in [3.05, 3.63) is 0 Å². The summed E-state index contributed by atoms with van der Waals surface area (Å²) in [6.07, 6.45) is -0.313. The molecular formula is C7H11F3O5S. The van der Waals surface area contributed by atoms with Gasteiger partial charge in [-0.25, -0.2) is 0 Å². The molecule has 0 spiro atoms. The van der Waals surface area contributed by atoms with E-state index in [0.29, 0.717) is 12.8 Å². The van der Waals surface area contributed by atoms with Crippen molar-refractivity contribution >= 4 is 10.1 Å². The van der Waals surface area contributed by atoms with Gasteiger partial charge < -0.3 is 9.47 Å². The molecule has 9 heteroatoms. The normalized spacial score (nSPS) is 27.2. The molecule has 0 aliphatic carbocycles. The van der Waals surface area contributed by atoms with Gasteiger partial charge in [0.25, 0.3) is 0 Å². The lowest BCUT2D eigenvalue weighted by atomic mass is 10.2. The van der Waals surface area contributed by atoms with E-state index in [-0.39, 0.29) is 0 Å². The molecule has 1 aliphatic heterocycles. The smallest absolute Gasteiger partial charge is 0.356 e. The van der Waals surface area contributed by atoms with Gasteiger partial charge in [0.1, 0.15) is 0 Å². The van der Waals surface area contributed by atoms with Crippen LogP contribution in [0.3, 0.4) is 0 Å². The maximum Gasteiger partial charge on any atom is 0.523 e. The lowest BCUT2D eigenvalue weighted by Gasteiger charge is -2.13. The summed E-state index contributed by atoms with van der Waals surface area (Å²) in [7, 11) is -4.14. The zero-order valence-electron chi connectivity index (χ0n) is 8.36. The third-order valence-corrected chi connectivity index (χ3v) is 3.04. The summed E-state index contributed by atoms with van der Waals surface area (Å²) in [4.78, 5) is 0. The zero-order chi connectivity index (χ0) is 12.4. The number of ether oxygens (including phenoxy) is 2. The van der Waals surface area contributed by atoms with E-state index in [2.05, 4.69) is 4.18 Å². The van der Waals surface area contributed by atoms with Crippen molar-refractivity contribution in [3.8, 4) is 0 Å². The Morgan fingerprint density at radius 1 is 1.38 bits per heavy atom. The number of hydrogen-bond donors (Lipinski definition) is 0. The summed E-state index contributed by atoms with van der Waals surface area (Å²) >= 11 is 0. The topological polar surface area (TPSA) is 61.8 Å². The molecule has 0 aromatic carbocycles. The van der Waals surface area contributed by atoms with E-state index in [1.165, 1.54) is 7.11 Å². The van der Waals surface area contributed by atoms with Gasteiger partial charge >= 0.3 is 15.6 Å². The molecule has 0 aromatic heterocycles. The first-order valence-corrected chi connectivity index (χ1v) is 5.81. The molecule has 0 aromatic rings. The largest absolute Gasteiger partial charge is 0.523 e.